The van der Waals surface area contributed by atoms with E-state index in [2.05, 4.69) is 22.2 Å². The average molecular weight is 461 g/mol. The lowest BCUT2D eigenvalue weighted by Gasteiger charge is -2.18. The van der Waals surface area contributed by atoms with Gasteiger partial charge in [0.15, 0.2) is 17.6 Å². The summed E-state index contributed by atoms with van der Waals surface area (Å²) in [4.78, 5) is 4.46. The second-order valence-electron chi connectivity index (χ2n) is 5.27. The Bertz CT molecular complexity index is 690. The van der Waals surface area contributed by atoms with Crippen LogP contribution in [0.25, 0.3) is 0 Å². The van der Waals surface area contributed by atoms with Crippen LogP contribution >= 0.6 is 24.0 Å². The van der Waals surface area contributed by atoms with Gasteiger partial charge in [0, 0.05) is 19.5 Å². The lowest BCUT2D eigenvalue weighted by Crippen LogP contribution is -2.39. The molecule has 1 aromatic carbocycles. The fourth-order valence-electron chi connectivity index (χ4n) is 2.12. The average Bonchev–Trinajstić information content (AvgIpc) is 3.08. The second-order valence-corrected chi connectivity index (χ2v) is 5.27. The zero-order chi connectivity index (χ0) is 17.4. The first kappa shape index (κ1) is 21.1. The first-order chi connectivity index (χ1) is 11.6. The van der Waals surface area contributed by atoms with Crippen molar-refractivity contribution in [2.24, 2.45) is 4.99 Å². The molecule has 136 valence electrons. The van der Waals surface area contributed by atoms with E-state index in [0.29, 0.717) is 31.0 Å². The van der Waals surface area contributed by atoms with Crippen molar-refractivity contribution in [1.82, 2.24) is 10.6 Å². The molecule has 2 aromatic rings. The summed E-state index contributed by atoms with van der Waals surface area (Å²) in [6.07, 6.45) is 4.01. The summed E-state index contributed by atoms with van der Waals surface area (Å²) in [7, 11) is 0. The highest BCUT2D eigenvalue weighted by atomic mass is 127. The molecule has 0 spiro atoms. The highest BCUT2D eigenvalue weighted by Gasteiger charge is 2.11. The molecule has 1 heterocycles. The Morgan fingerprint density at radius 2 is 2.12 bits per heavy atom. The minimum Gasteiger partial charge on any atom is -0.469 e. The quantitative estimate of drug-likeness (QED) is 0.281. The summed E-state index contributed by atoms with van der Waals surface area (Å²) in [5, 5.41) is 6.26. The Balaban J connectivity index is 0.00000312. The number of halogens is 3. The smallest absolute Gasteiger partial charge is 0.191 e. The number of rotatable bonds is 7. The predicted molar refractivity (Wildman–Crippen MR) is 106 cm³/mol. The SMILES string of the molecule is C=CCNC(=NCCc1ccco1)NC(C)c1ccc(F)c(F)c1.I. The van der Waals surface area contributed by atoms with Gasteiger partial charge in [-0.05, 0) is 36.8 Å². The largest absolute Gasteiger partial charge is 0.469 e. The highest BCUT2D eigenvalue weighted by molar-refractivity contribution is 14.0. The summed E-state index contributed by atoms with van der Waals surface area (Å²) in [6, 6.07) is 7.33. The molecule has 0 aliphatic rings. The van der Waals surface area contributed by atoms with E-state index in [0.717, 1.165) is 11.8 Å². The number of aliphatic imine (C=N–C) groups is 1. The van der Waals surface area contributed by atoms with Crippen molar-refractivity contribution in [3.05, 3.63) is 72.2 Å². The minimum atomic E-state index is -0.864. The highest BCUT2D eigenvalue weighted by Crippen LogP contribution is 2.15. The number of hydrogen-bond donors (Lipinski definition) is 2. The first-order valence-electron chi connectivity index (χ1n) is 7.73. The molecular weight excluding hydrogens is 439 g/mol. The molecule has 1 aromatic heterocycles. The summed E-state index contributed by atoms with van der Waals surface area (Å²) >= 11 is 0. The zero-order valence-corrected chi connectivity index (χ0v) is 16.3. The van der Waals surface area contributed by atoms with Gasteiger partial charge in [0.1, 0.15) is 5.76 Å². The van der Waals surface area contributed by atoms with Gasteiger partial charge >= 0.3 is 0 Å². The molecule has 1 unspecified atom stereocenters. The van der Waals surface area contributed by atoms with Crippen molar-refractivity contribution in [2.45, 2.75) is 19.4 Å². The fourth-order valence-corrected chi connectivity index (χ4v) is 2.12. The van der Waals surface area contributed by atoms with Crippen molar-refractivity contribution in [2.75, 3.05) is 13.1 Å². The van der Waals surface area contributed by atoms with Crippen molar-refractivity contribution >= 4 is 29.9 Å². The summed E-state index contributed by atoms with van der Waals surface area (Å²) < 4.78 is 31.7. The second kappa shape index (κ2) is 10.9. The maximum atomic E-state index is 13.4. The minimum absolute atomic E-state index is 0. The third-order valence-electron chi connectivity index (χ3n) is 3.42. The molecule has 0 saturated heterocycles. The molecule has 25 heavy (non-hydrogen) atoms. The Morgan fingerprint density at radius 1 is 1.32 bits per heavy atom. The Labute approximate surface area is 163 Å². The molecule has 0 saturated carbocycles. The molecule has 0 fully saturated rings. The zero-order valence-electron chi connectivity index (χ0n) is 14.0. The fraction of sp³-hybridized carbons (Fsp3) is 0.278. The van der Waals surface area contributed by atoms with Gasteiger partial charge in [0.25, 0.3) is 0 Å². The van der Waals surface area contributed by atoms with Crippen LogP contribution in [0.1, 0.15) is 24.3 Å². The Hall–Kier alpha value is -1.90. The molecule has 1 atom stereocenters. The van der Waals surface area contributed by atoms with Crippen LogP contribution < -0.4 is 10.6 Å². The molecule has 0 aliphatic heterocycles. The molecule has 2 N–H and O–H groups in total. The van der Waals surface area contributed by atoms with E-state index in [9.17, 15) is 8.78 Å². The van der Waals surface area contributed by atoms with Crippen molar-refractivity contribution < 1.29 is 13.2 Å². The van der Waals surface area contributed by atoms with Crippen LogP contribution in [0, 0.1) is 11.6 Å². The van der Waals surface area contributed by atoms with Gasteiger partial charge in [-0.15, -0.1) is 30.6 Å². The van der Waals surface area contributed by atoms with Gasteiger partial charge < -0.3 is 15.1 Å². The normalized spacial score (nSPS) is 12.2. The van der Waals surface area contributed by atoms with Gasteiger partial charge in [0.05, 0.1) is 12.3 Å². The van der Waals surface area contributed by atoms with Crippen LogP contribution in [0.2, 0.25) is 0 Å². The predicted octanol–water partition coefficient (Wildman–Crippen LogP) is 4.20. The first-order valence-corrected chi connectivity index (χ1v) is 7.73. The molecule has 7 heteroatoms. The van der Waals surface area contributed by atoms with Crippen LogP contribution in [0.3, 0.4) is 0 Å². The van der Waals surface area contributed by atoms with E-state index < -0.39 is 11.6 Å². The van der Waals surface area contributed by atoms with Crippen LogP contribution in [0.4, 0.5) is 8.78 Å². The molecular formula is C18H22F2IN3O. The third-order valence-corrected chi connectivity index (χ3v) is 3.42. The van der Waals surface area contributed by atoms with Crippen molar-refractivity contribution in [1.29, 1.82) is 0 Å². The number of furan rings is 1. The van der Waals surface area contributed by atoms with Crippen LogP contribution in [0.5, 0.6) is 0 Å². The van der Waals surface area contributed by atoms with E-state index >= 15 is 0 Å². The monoisotopic (exact) mass is 461 g/mol. The van der Waals surface area contributed by atoms with E-state index in [1.165, 1.54) is 6.07 Å². The van der Waals surface area contributed by atoms with Gasteiger partial charge in [-0.1, -0.05) is 12.1 Å². The van der Waals surface area contributed by atoms with E-state index in [1.807, 2.05) is 19.1 Å². The molecule has 0 amide bonds. The van der Waals surface area contributed by atoms with Crippen molar-refractivity contribution in [3.63, 3.8) is 0 Å². The van der Waals surface area contributed by atoms with Crippen LogP contribution in [0.15, 0.2) is 58.7 Å². The third kappa shape index (κ3) is 6.85. The van der Waals surface area contributed by atoms with E-state index in [-0.39, 0.29) is 30.0 Å². The van der Waals surface area contributed by atoms with Gasteiger partial charge in [0.2, 0.25) is 0 Å². The van der Waals surface area contributed by atoms with Crippen molar-refractivity contribution in [3.8, 4) is 0 Å². The lowest BCUT2D eigenvalue weighted by molar-refractivity contribution is 0.504. The number of nitrogens with zero attached hydrogens (tertiary/aromatic N) is 1. The maximum Gasteiger partial charge on any atom is 0.191 e. The van der Waals surface area contributed by atoms with Gasteiger partial charge in [-0.25, -0.2) is 8.78 Å². The number of nitrogens with one attached hydrogen (secondary N) is 2. The molecule has 2 rings (SSSR count). The maximum absolute atomic E-state index is 13.4. The summed E-state index contributed by atoms with van der Waals surface area (Å²) in [5.74, 6) is -0.297. The molecule has 0 radical (unpaired) electrons. The topological polar surface area (TPSA) is 49.6 Å². The summed E-state index contributed by atoms with van der Waals surface area (Å²) in [6.45, 7) is 6.58. The molecule has 0 bridgehead atoms. The Morgan fingerprint density at radius 3 is 2.76 bits per heavy atom. The number of hydrogen-bond acceptors (Lipinski definition) is 2. The van der Waals surface area contributed by atoms with Gasteiger partial charge in [-0.2, -0.15) is 0 Å². The molecule has 0 aliphatic carbocycles. The van der Waals surface area contributed by atoms with Crippen LogP contribution in [-0.2, 0) is 6.42 Å². The molecule has 4 nitrogen and oxygen atoms in total. The standard InChI is InChI=1S/C18H21F2N3O.HI/c1-3-9-21-18(22-10-8-15-5-4-11-24-15)23-13(2)14-6-7-16(19)17(20)12-14;/h3-7,11-13H,1,8-10H2,2H3,(H2,21,22,23);1H. The number of guanidine groups is 1. The summed E-state index contributed by atoms with van der Waals surface area (Å²) in [5.41, 5.74) is 0.632. The van der Waals surface area contributed by atoms with Crippen LogP contribution in [-0.4, -0.2) is 19.0 Å². The van der Waals surface area contributed by atoms with Gasteiger partial charge in [-0.3, -0.25) is 4.99 Å². The Kier molecular flexibility index (Phi) is 9.18. The lowest BCUT2D eigenvalue weighted by atomic mass is 10.1. The van der Waals surface area contributed by atoms with E-state index in [4.69, 9.17) is 4.42 Å². The number of benzene rings is 1. The van der Waals surface area contributed by atoms with E-state index in [1.54, 1.807) is 18.4 Å².